The van der Waals surface area contributed by atoms with Crippen molar-refractivity contribution in [2.24, 2.45) is 0 Å². The molecule has 1 unspecified atom stereocenters. The fourth-order valence-corrected chi connectivity index (χ4v) is 2.60. The molecule has 2 heterocycles. The van der Waals surface area contributed by atoms with Crippen molar-refractivity contribution in [2.75, 3.05) is 26.4 Å². The Labute approximate surface area is 135 Å². The van der Waals surface area contributed by atoms with Crippen molar-refractivity contribution in [1.29, 1.82) is 0 Å². The normalized spacial score (nSPS) is 17.7. The molecule has 2 aromatic rings. The molecule has 0 radical (unpaired) electrons. The molecule has 23 heavy (non-hydrogen) atoms. The van der Waals surface area contributed by atoms with Gasteiger partial charge < -0.3 is 19.2 Å². The van der Waals surface area contributed by atoms with Crippen LogP contribution in [0.1, 0.15) is 25.2 Å². The minimum atomic E-state index is -0.0967. The number of amides is 1. The molecule has 6 heteroatoms. The number of ether oxygens (including phenoxy) is 2. The summed E-state index contributed by atoms with van der Waals surface area (Å²) in [7, 11) is 0. The Morgan fingerprint density at radius 3 is 3.13 bits per heavy atom. The van der Waals surface area contributed by atoms with Gasteiger partial charge in [0.05, 0.1) is 12.7 Å². The topological polar surface area (TPSA) is 73.6 Å². The van der Waals surface area contributed by atoms with Gasteiger partial charge in [-0.05, 0) is 31.4 Å². The van der Waals surface area contributed by atoms with Gasteiger partial charge in [-0.1, -0.05) is 12.1 Å². The minimum Gasteiger partial charge on any atom is -0.441 e. The maximum Gasteiger partial charge on any atom is 0.245 e. The lowest BCUT2D eigenvalue weighted by Gasteiger charge is -2.10. The number of nitrogens with one attached hydrogen (secondary N) is 1. The van der Waals surface area contributed by atoms with Gasteiger partial charge in [0, 0.05) is 19.6 Å². The first-order chi connectivity index (χ1) is 11.3. The largest absolute Gasteiger partial charge is 0.441 e. The average molecular weight is 318 g/mol. The van der Waals surface area contributed by atoms with Crippen LogP contribution in [0.3, 0.4) is 0 Å². The molecule has 1 fully saturated rings. The molecule has 0 aliphatic carbocycles. The van der Waals surface area contributed by atoms with E-state index in [1.54, 1.807) is 0 Å². The van der Waals surface area contributed by atoms with E-state index >= 15 is 0 Å². The Morgan fingerprint density at radius 1 is 1.39 bits per heavy atom. The number of aryl methyl sites for hydroxylation is 1. The predicted octanol–water partition coefficient (Wildman–Crippen LogP) is 2.07. The van der Waals surface area contributed by atoms with E-state index in [4.69, 9.17) is 13.9 Å². The summed E-state index contributed by atoms with van der Waals surface area (Å²) < 4.78 is 16.4. The number of oxazole rings is 1. The van der Waals surface area contributed by atoms with Crippen LogP contribution in [0.2, 0.25) is 0 Å². The summed E-state index contributed by atoms with van der Waals surface area (Å²) in [5, 5.41) is 2.84. The van der Waals surface area contributed by atoms with Crippen molar-refractivity contribution in [3.05, 3.63) is 30.2 Å². The Morgan fingerprint density at radius 2 is 2.30 bits per heavy atom. The maximum atomic E-state index is 11.7. The van der Waals surface area contributed by atoms with Gasteiger partial charge in [-0.25, -0.2) is 4.98 Å². The zero-order chi connectivity index (χ0) is 15.9. The van der Waals surface area contributed by atoms with Crippen molar-refractivity contribution < 1.29 is 18.7 Å². The SMILES string of the molecule is O=C(COCC1CCCO1)NCCCc1nc2ccccc2o1. The first-order valence-corrected chi connectivity index (χ1v) is 8.12. The molecule has 6 nitrogen and oxygen atoms in total. The Kier molecular flexibility index (Phi) is 5.60. The second-order valence-electron chi connectivity index (χ2n) is 5.68. The van der Waals surface area contributed by atoms with Crippen LogP contribution in [0.25, 0.3) is 11.1 Å². The predicted molar refractivity (Wildman–Crippen MR) is 85.1 cm³/mol. The van der Waals surface area contributed by atoms with Crippen LogP contribution in [-0.4, -0.2) is 43.4 Å². The number of para-hydroxylation sites is 2. The van der Waals surface area contributed by atoms with Gasteiger partial charge in [-0.2, -0.15) is 0 Å². The van der Waals surface area contributed by atoms with Crippen LogP contribution in [-0.2, 0) is 20.7 Å². The molecule has 1 N–H and O–H groups in total. The minimum absolute atomic E-state index is 0.0861. The average Bonchev–Trinajstić information content (AvgIpc) is 3.20. The first kappa shape index (κ1) is 16.0. The van der Waals surface area contributed by atoms with Gasteiger partial charge in [0.1, 0.15) is 12.1 Å². The molecule has 1 aromatic heterocycles. The van der Waals surface area contributed by atoms with Gasteiger partial charge in [-0.3, -0.25) is 4.79 Å². The standard InChI is InChI=1S/C17H22N2O4/c20-16(12-21-11-13-5-4-10-22-13)18-9-3-8-17-19-14-6-1-2-7-15(14)23-17/h1-2,6-7,13H,3-5,8-12H2,(H,18,20). The summed E-state index contributed by atoms with van der Waals surface area (Å²) in [6.45, 7) is 1.97. The highest BCUT2D eigenvalue weighted by atomic mass is 16.5. The summed E-state index contributed by atoms with van der Waals surface area (Å²) >= 11 is 0. The van der Waals surface area contributed by atoms with Crippen molar-refractivity contribution >= 4 is 17.0 Å². The highest BCUT2D eigenvalue weighted by Gasteiger charge is 2.15. The first-order valence-electron chi connectivity index (χ1n) is 8.12. The zero-order valence-electron chi connectivity index (χ0n) is 13.1. The molecule has 3 rings (SSSR count). The molecule has 1 aliphatic heterocycles. The summed E-state index contributed by atoms with van der Waals surface area (Å²) in [4.78, 5) is 16.1. The lowest BCUT2D eigenvalue weighted by molar-refractivity contribution is -0.126. The lowest BCUT2D eigenvalue weighted by Crippen LogP contribution is -2.30. The van der Waals surface area contributed by atoms with E-state index in [2.05, 4.69) is 10.3 Å². The van der Waals surface area contributed by atoms with Crippen LogP contribution in [0.5, 0.6) is 0 Å². The van der Waals surface area contributed by atoms with Crippen LogP contribution in [0.4, 0.5) is 0 Å². The molecular formula is C17H22N2O4. The van der Waals surface area contributed by atoms with Crippen molar-refractivity contribution in [3.63, 3.8) is 0 Å². The highest BCUT2D eigenvalue weighted by molar-refractivity contribution is 5.77. The second kappa shape index (κ2) is 8.08. The molecule has 0 saturated carbocycles. The third-order valence-electron chi connectivity index (χ3n) is 3.79. The van der Waals surface area contributed by atoms with E-state index in [1.165, 1.54) is 0 Å². The third kappa shape index (κ3) is 4.77. The van der Waals surface area contributed by atoms with Crippen LogP contribution < -0.4 is 5.32 Å². The summed E-state index contributed by atoms with van der Waals surface area (Å²) in [6, 6.07) is 7.69. The molecular weight excluding hydrogens is 296 g/mol. The van der Waals surface area contributed by atoms with E-state index in [-0.39, 0.29) is 18.6 Å². The van der Waals surface area contributed by atoms with Crippen LogP contribution >= 0.6 is 0 Å². The quantitative estimate of drug-likeness (QED) is 0.754. The van der Waals surface area contributed by atoms with Gasteiger partial charge in [0.2, 0.25) is 5.91 Å². The van der Waals surface area contributed by atoms with E-state index in [1.807, 2.05) is 24.3 Å². The van der Waals surface area contributed by atoms with Gasteiger partial charge in [0.25, 0.3) is 0 Å². The van der Waals surface area contributed by atoms with Gasteiger partial charge in [-0.15, -0.1) is 0 Å². The molecule has 1 atom stereocenters. The maximum absolute atomic E-state index is 11.7. The van der Waals surface area contributed by atoms with Crippen LogP contribution in [0, 0.1) is 0 Å². The fourth-order valence-electron chi connectivity index (χ4n) is 2.60. The van der Waals surface area contributed by atoms with E-state index in [0.717, 1.165) is 37.0 Å². The molecule has 124 valence electrons. The molecule has 1 aromatic carbocycles. The van der Waals surface area contributed by atoms with Crippen molar-refractivity contribution in [1.82, 2.24) is 10.3 Å². The summed E-state index contributed by atoms with van der Waals surface area (Å²) in [5.41, 5.74) is 1.67. The number of carbonyl (C=O) groups is 1. The number of hydrogen-bond donors (Lipinski definition) is 1. The van der Waals surface area contributed by atoms with Gasteiger partial charge in [0.15, 0.2) is 11.5 Å². The Balaban J connectivity index is 1.29. The summed E-state index contributed by atoms with van der Waals surface area (Å²) in [5.74, 6) is 0.607. The number of hydrogen-bond acceptors (Lipinski definition) is 5. The smallest absolute Gasteiger partial charge is 0.245 e. The number of rotatable bonds is 8. The Hall–Kier alpha value is -1.92. The van der Waals surface area contributed by atoms with Crippen LogP contribution in [0.15, 0.2) is 28.7 Å². The fraction of sp³-hybridized carbons (Fsp3) is 0.529. The molecule has 1 saturated heterocycles. The number of benzene rings is 1. The highest BCUT2D eigenvalue weighted by Crippen LogP contribution is 2.15. The van der Waals surface area contributed by atoms with Crippen molar-refractivity contribution in [2.45, 2.75) is 31.8 Å². The number of nitrogens with zero attached hydrogens (tertiary/aromatic N) is 1. The summed E-state index contributed by atoms with van der Waals surface area (Å²) in [6.07, 6.45) is 3.74. The second-order valence-corrected chi connectivity index (χ2v) is 5.68. The third-order valence-corrected chi connectivity index (χ3v) is 3.79. The lowest BCUT2D eigenvalue weighted by atomic mass is 10.2. The number of aromatic nitrogens is 1. The molecule has 1 aliphatic rings. The van der Waals surface area contributed by atoms with E-state index in [9.17, 15) is 4.79 Å². The van der Waals surface area contributed by atoms with E-state index < -0.39 is 0 Å². The van der Waals surface area contributed by atoms with E-state index in [0.29, 0.717) is 25.5 Å². The molecule has 1 amide bonds. The van der Waals surface area contributed by atoms with Gasteiger partial charge >= 0.3 is 0 Å². The molecule has 0 bridgehead atoms. The monoisotopic (exact) mass is 318 g/mol. The Bertz CT molecular complexity index is 601. The number of fused-ring (bicyclic) bond motifs is 1. The number of carbonyl (C=O) groups excluding carboxylic acids is 1. The van der Waals surface area contributed by atoms with Crippen molar-refractivity contribution in [3.8, 4) is 0 Å². The molecule has 0 spiro atoms. The zero-order valence-corrected chi connectivity index (χ0v) is 13.1.